The van der Waals surface area contributed by atoms with Gasteiger partial charge in [0.15, 0.2) is 0 Å². The summed E-state index contributed by atoms with van der Waals surface area (Å²) in [6.45, 7) is 3.13. The summed E-state index contributed by atoms with van der Waals surface area (Å²) in [5.41, 5.74) is 2.52. The molecule has 1 unspecified atom stereocenters. The molecule has 0 amide bonds. The Bertz CT molecular complexity index is 535. The van der Waals surface area contributed by atoms with Crippen molar-refractivity contribution in [1.82, 2.24) is 4.90 Å². The Kier molecular flexibility index (Phi) is 6.60. The summed E-state index contributed by atoms with van der Waals surface area (Å²) >= 11 is 0. The molecule has 0 fully saturated rings. The van der Waals surface area contributed by atoms with Gasteiger partial charge in [-0.1, -0.05) is 68.7 Å². The zero-order chi connectivity index (χ0) is 15.8. The first-order valence-corrected chi connectivity index (χ1v) is 8.20. The van der Waals surface area contributed by atoms with Crippen LogP contribution in [0.5, 0.6) is 0 Å². The van der Waals surface area contributed by atoms with Crippen molar-refractivity contribution in [2.75, 3.05) is 7.05 Å². The van der Waals surface area contributed by atoms with E-state index in [4.69, 9.17) is 0 Å². The largest absolute Gasteiger partial charge is 0.295 e. The molecule has 118 valence electrons. The lowest BCUT2D eigenvalue weighted by Gasteiger charge is -2.29. The second kappa shape index (κ2) is 8.70. The molecule has 0 bridgehead atoms. The summed E-state index contributed by atoms with van der Waals surface area (Å²) in [5.74, 6) is -0.165. The maximum absolute atomic E-state index is 13.2. The van der Waals surface area contributed by atoms with Crippen LogP contribution < -0.4 is 0 Å². The second-order valence-electron chi connectivity index (χ2n) is 5.96. The van der Waals surface area contributed by atoms with Gasteiger partial charge in [0.2, 0.25) is 0 Å². The van der Waals surface area contributed by atoms with E-state index in [1.54, 1.807) is 12.1 Å². The van der Waals surface area contributed by atoms with Crippen molar-refractivity contribution in [2.24, 2.45) is 0 Å². The fourth-order valence-electron chi connectivity index (χ4n) is 2.90. The molecule has 1 atom stereocenters. The van der Waals surface area contributed by atoms with E-state index in [0.717, 1.165) is 13.0 Å². The zero-order valence-electron chi connectivity index (χ0n) is 13.6. The summed E-state index contributed by atoms with van der Waals surface area (Å²) in [5, 5.41) is 0. The van der Waals surface area contributed by atoms with Crippen molar-refractivity contribution in [3.05, 3.63) is 71.5 Å². The van der Waals surface area contributed by atoms with Crippen LogP contribution >= 0.6 is 0 Å². The van der Waals surface area contributed by atoms with Crippen LogP contribution in [-0.2, 0) is 6.54 Å². The van der Waals surface area contributed by atoms with Crippen molar-refractivity contribution in [3.8, 4) is 0 Å². The Balaban J connectivity index is 2.10. The monoisotopic (exact) mass is 299 g/mol. The SMILES string of the molecule is CCCCCC(c1ccc(F)cc1)N(C)Cc1ccccc1. The lowest BCUT2D eigenvalue weighted by molar-refractivity contribution is 0.220. The quantitative estimate of drug-likeness (QED) is 0.575. The third-order valence-corrected chi connectivity index (χ3v) is 4.14. The van der Waals surface area contributed by atoms with Crippen LogP contribution in [0, 0.1) is 5.82 Å². The van der Waals surface area contributed by atoms with Crippen molar-refractivity contribution < 1.29 is 4.39 Å². The van der Waals surface area contributed by atoms with Crippen LogP contribution in [0.4, 0.5) is 4.39 Å². The van der Waals surface area contributed by atoms with E-state index < -0.39 is 0 Å². The number of unbranched alkanes of at least 4 members (excludes halogenated alkanes) is 2. The molecule has 2 rings (SSSR count). The molecule has 1 nitrogen and oxygen atoms in total. The van der Waals surface area contributed by atoms with Gasteiger partial charge in [0.1, 0.15) is 5.82 Å². The Morgan fingerprint density at radius 2 is 1.64 bits per heavy atom. The summed E-state index contributed by atoms with van der Waals surface area (Å²) in [6.07, 6.45) is 4.79. The number of hydrogen-bond acceptors (Lipinski definition) is 1. The molecule has 2 heteroatoms. The zero-order valence-corrected chi connectivity index (χ0v) is 13.6. The molecule has 0 aliphatic carbocycles. The first kappa shape index (κ1) is 16.7. The normalized spacial score (nSPS) is 12.5. The third-order valence-electron chi connectivity index (χ3n) is 4.14. The molecule has 0 saturated carbocycles. The standard InChI is InChI=1S/C20H26FN/c1-3-4-6-11-20(18-12-14-19(21)15-13-18)22(2)16-17-9-7-5-8-10-17/h5,7-10,12-15,20H,3-4,6,11,16H2,1-2H3. The highest BCUT2D eigenvalue weighted by atomic mass is 19.1. The highest BCUT2D eigenvalue weighted by Crippen LogP contribution is 2.27. The molecule has 2 aromatic rings. The van der Waals surface area contributed by atoms with Crippen LogP contribution in [0.2, 0.25) is 0 Å². The minimum atomic E-state index is -0.165. The van der Waals surface area contributed by atoms with Gasteiger partial charge in [-0.2, -0.15) is 0 Å². The van der Waals surface area contributed by atoms with Gasteiger partial charge < -0.3 is 0 Å². The van der Waals surface area contributed by atoms with E-state index in [1.807, 2.05) is 18.2 Å². The van der Waals surface area contributed by atoms with E-state index in [1.165, 1.54) is 30.4 Å². The van der Waals surface area contributed by atoms with Crippen molar-refractivity contribution in [2.45, 2.75) is 45.2 Å². The van der Waals surface area contributed by atoms with Gasteiger partial charge in [0.05, 0.1) is 0 Å². The summed E-state index contributed by atoms with van der Waals surface area (Å²) < 4.78 is 13.2. The Morgan fingerprint density at radius 1 is 0.955 bits per heavy atom. The first-order valence-electron chi connectivity index (χ1n) is 8.20. The van der Waals surface area contributed by atoms with Crippen molar-refractivity contribution >= 4 is 0 Å². The fraction of sp³-hybridized carbons (Fsp3) is 0.400. The lowest BCUT2D eigenvalue weighted by atomic mass is 9.98. The molecule has 0 saturated heterocycles. The van der Waals surface area contributed by atoms with Gasteiger partial charge in [-0.05, 0) is 36.7 Å². The smallest absolute Gasteiger partial charge is 0.123 e. The maximum Gasteiger partial charge on any atom is 0.123 e. The molecule has 0 spiro atoms. The van der Waals surface area contributed by atoms with Gasteiger partial charge >= 0.3 is 0 Å². The molecule has 0 aliphatic heterocycles. The van der Waals surface area contributed by atoms with Gasteiger partial charge in [0.25, 0.3) is 0 Å². The molecule has 0 radical (unpaired) electrons. The number of rotatable bonds is 8. The van der Waals surface area contributed by atoms with Crippen molar-refractivity contribution in [3.63, 3.8) is 0 Å². The molecule has 2 aromatic carbocycles. The molecule has 0 aromatic heterocycles. The van der Waals surface area contributed by atoms with Gasteiger partial charge in [-0.25, -0.2) is 4.39 Å². The number of halogens is 1. The van der Waals surface area contributed by atoms with Crippen molar-refractivity contribution in [1.29, 1.82) is 0 Å². The number of hydrogen-bond donors (Lipinski definition) is 0. The molecular formula is C20H26FN. The fourth-order valence-corrected chi connectivity index (χ4v) is 2.90. The summed E-state index contributed by atoms with van der Waals surface area (Å²) in [4.78, 5) is 2.37. The molecule has 22 heavy (non-hydrogen) atoms. The minimum absolute atomic E-state index is 0.165. The number of benzene rings is 2. The molecule has 0 N–H and O–H groups in total. The summed E-state index contributed by atoms with van der Waals surface area (Å²) in [7, 11) is 2.16. The third kappa shape index (κ3) is 4.96. The van der Waals surface area contributed by atoms with Crippen LogP contribution in [-0.4, -0.2) is 11.9 Å². The van der Waals surface area contributed by atoms with Crippen LogP contribution in [0.25, 0.3) is 0 Å². The van der Waals surface area contributed by atoms with Gasteiger partial charge in [0, 0.05) is 12.6 Å². The van der Waals surface area contributed by atoms with Crippen LogP contribution in [0.1, 0.15) is 49.8 Å². The van der Waals surface area contributed by atoms with E-state index >= 15 is 0 Å². The minimum Gasteiger partial charge on any atom is -0.295 e. The van der Waals surface area contributed by atoms with E-state index in [0.29, 0.717) is 6.04 Å². The summed E-state index contributed by atoms with van der Waals surface area (Å²) in [6, 6.07) is 17.8. The second-order valence-corrected chi connectivity index (χ2v) is 5.96. The Labute approximate surface area is 133 Å². The highest BCUT2D eigenvalue weighted by molar-refractivity contribution is 5.21. The van der Waals surface area contributed by atoms with Gasteiger partial charge in [-0.3, -0.25) is 4.90 Å². The lowest BCUT2D eigenvalue weighted by Crippen LogP contribution is -2.24. The average Bonchev–Trinajstić information content (AvgIpc) is 2.54. The molecule has 0 aliphatic rings. The van der Waals surface area contributed by atoms with Gasteiger partial charge in [-0.15, -0.1) is 0 Å². The Morgan fingerprint density at radius 3 is 2.27 bits per heavy atom. The number of nitrogens with zero attached hydrogens (tertiary/aromatic N) is 1. The molecule has 0 heterocycles. The molecular weight excluding hydrogens is 273 g/mol. The Hall–Kier alpha value is -1.67. The van der Waals surface area contributed by atoms with E-state index in [9.17, 15) is 4.39 Å². The van der Waals surface area contributed by atoms with E-state index in [-0.39, 0.29) is 5.82 Å². The van der Waals surface area contributed by atoms with E-state index in [2.05, 4.69) is 43.1 Å². The first-order chi connectivity index (χ1) is 10.7. The highest BCUT2D eigenvalue weighted by Gasteiger charge is 2.17. The predicted molar refractivity (Wildman–Crippen MR) is 91.2 cm³/mol. The average molecular weight is 299 g/mol. The predicted octanol–water partition coefficient (Wildman–Crippen LogP) is 5.58. The van der Waals surface area contributed by atoms with Crippen LogP contribution in [0.3, 0.4) is 0 Å². The topological polar surface area (TPSA) is 3.24 Å². The maximum atomic E-state index is 13.2. The van der Waals surface area contributed by atoms with Crippen LogP contribution in [0.15, 0.2) is 54.6 Å².